The Kier molecular flexibility index (Phi) is 4.82. The van der Waals surface area contributed by atoms with Gasteiger partial charge < -0.3 is 0 Å². The fraction of sp³-hybridized carbons (Fsp3) is 0.450. The topological polar surface area (TPSA) is 12.9 Å². The maximum absolute atomic E-state index is 4.73. The number of benzene rings is 1. The van der Waals surface area contributed by atoms with E-state index < -0.39 is 0 Å². The standard InChI is InChI=1S/C20H27N/c1-6-15(3)17-14-21-19(16-11-9-8-10-12-16)13-18(17)20(4,5)7-2/h8-15H,6-7H2,1-5H3. The summed E-state index contributed by atoms with van der Waals surface area (Å²) in [5, 5.41) is 0. The molecule has 1 heteroatoms. The van der Waals surface area contributed by atoms with Crippen LogP contribution in [0.25, 0.3) is 11.3 Å². The molecule has 1 nitrogen and oxygen atoms in total. The van der Waals surface area contributed by atoms with Gasteiger partial charge in [0.25, 0.3) is 0 Å². The van der Waals surface area contributed by atoms with E-state index in [1.165, 1.54) is 16.7 Å². The Morgan fingerprint density at radius 1 is 1.10 bits per heavy atom. The van der Waals surface area contributed by atoms with Gasteiger partial charge in [0.05, 0.1) is 5.69 Å². The number of rotatable bonds is 5. The monoisotopic (exact) mass is 281 g/mol. The fourth-order valence-electron chi connectivity index (χ4n) is 2.62. The van der Waals surface area contributed by atoms with Crippen molar-refractivity contribution >= 4 is 0 Å². The molecule has 112 valence electrons. The zero-order chi connectivity index (χ0) is 15.5. The highest BCUT2D eigenvalue weighted by molar-refractivity contribution is 5.61. The third kappa shape index (κ3) is 3.34. The van der Waals surface area contributed by atoms with Gasteiger partial charge in [0.15, 0.2) is 0 Å². The molecule has 0 aliphatic carbocycles. The van der Waals surface area contributed by atoms with Crippen LogP contribution in [-0.4, -0.2) is 4.98 Å². The highest BCUT2D eigenvalue weighted by atomic mass is 14.7. The van der Waals surface area contributed by atoms with Crippen molar-refractivity contribution in [2.24, 2.45) is 0 Å². The minimum absolute atomic E-state index is 0.186. The summed E-state index contributed by atoms with van der Waals surface area (Å²) < 4.78 is 0. The van der Waals surface area contributed by atoms with Crippen molar-refractivity contribution in [3.63, 3.8) is 0 Å². The Morgan fingerprint density at radius 2 is 1.76 bits per heavy atom. The van der Waals surface area contributed by atoms with Crippen LogP contribution in [0.4, 0.5) is 0 Å². The van der Waals surface area contributed by atoms with Gasteiger partial charge in [0.1, 0.15) is 0 Å². The van der Waals surface area contributed by atoms with Gasteiger partial charge in [-0.25, -0.2) is 0 Å². The van der Waals surface area contributed by atoms with Crippen molar-refractivity contribution < 1.29 is 0 Å². The summed E-state index contributed by atoms with van der Waals surface area (Å²) in [5.74, 6) is 0.558. The van der Waals surface area contributed by atoms with Crippen LogP contribution in [0, 0.1) is 0 Å². The summed E-state index contributed by atoms with van der Waals surface area (Å²) in [7, 11) is 0. The lowest BCUT2D eigenvalue weighted by Crippen LogP contribution is -2.19. The first-order valence-electron chi connectivity index (χ1n) is 8.05. The minimum Gasteiger partial charge on any atom is -0.256 e. The third-order valence-corrected chi connectivity index (χ3v) is 4.76. The molecule has 2 aromatic rings. The van der Waals surface area contributed by atoms with E-state index in [9.17, 15) is 0 Å². The van der Waals surface area contributed by atoms with Crippen molar-refractivity contribution in [1.29, 1.82) is 0 Å². The first-order valence-corrected chi connectivity index (χ1v) is 8.05. The third-order valence-electron chi connectivity index (χ3n) is 4.76. The van der Waals surface area contributed by atoms with Gasteiger partial charge in [-0.2, -0.15) is 0 Å². The molecule has 2 rings (SSSR count). The normalized spacial score (nSPS) is 13.2. The molecule has 21 heavy (non-hydrogen) atoms. The summed E-state index contributed by atoms with van der Waals surface area (Å²) in [5.41, 5.74) is 5.32. The van der Waals surface area contributed by atoms with Gasteiger partial charge in [-0.15, -0.1) is 0 Å². The predicted octanol–water partition coefficient (Wildman–Crippen LogP) is 5.95. The van der Waals surface area contributed by atoms with Crippen molar-refractivity contribution in [1.82, 2.24) is 4.98 Å². The van der Waals surface area contributed by atoms with E-state index in [1.807, 2.05) is 6.07 Å². The summed E-state index contributed by atoms with van der Waals surface area (Å²) in [6.07, 6.45) is 4.39. The zero-order valence-corrected chi connectivity index (χ0v) is 14.0. The van der Waals surface area contributed by atoms with Gasteiger partial charge in [-0.1, -0.05) is 65.0 Å². The van der Waals surface area contributed by atoms with Gasteiger partial charge in [0, 0.05) is 11.8 Å². The average Bonchev–Trinajstić information content (AvgIpc) is 2.54. The molecular formula is C20H27N. The Morgan fingerprint density at radius 3 is 2.33 bits per heavy atom. The summed E-state index contributed by atoms with van der Waals surface area (Å²) >= 11 is 0. The molecule has 0 amide bonds. The smallest absolute Gasteiger partial charge is 0.0705 e. The Bertz CT molecular complexity index is 584. The van der Waals surface area contributed by atoms with E-state index in [0.717, 1.165) is 18.5 Å². The molecule has 0 fully saturated rings. The van der Waals surface area contributed by atoms with E-state index in [-0.39, 0.29) is 5.41 Å². The molecule has 1 aromatic carbocycles. The second-order valence-electron chi connectivity index (χ2n) is 6.57. The SMILES string of the molecule is CCC(C)c1cnc(-c2ccccc2)cc1C(C)(C)CC. The van der Waals surface area contributed by atoms with E-state index in [2.05, 4.69) is 71.1 Å². The molecule has 1 heterocycles. The van der Waals surface area contributed by atoms with E-state index >= 15 is 0 Å². The van der Waals surface area contributed by atoms with Gasteiger partial charge >= 0.3 is 0 Å². The molecule has 0 saturated carbocycles. The molecule has 1 atom stereocenters. The lowest BCUT2D eigenvalue weighted by Gasteiger charge is -2.29. The van der Waals surface area contributed by atoms with Crippen molar-refractivity contribution in [2.75, 3.05) is 0 Å². The molecule has 0 saturated heterocycles. The molecule has 0 bridgehead atoms. The van der Waals surface area contributed by atoms with Crippen LogP contribution >= 0.6 is 0 Å². The second kappa shape index (κ2) is 6.43. The maximum atomic E-state index is 4.73. The number of hydrogen-bond acceptors (Lipinski definition) is 1. The molecule has 0 aliphatic rings. The van der Waals surface area contributed by atoms with Crippen LogP contribution in [0.5, 0.6) is 0 Å². The summed E-state index contributed by atoms with van der Waals surface area (Å²) in [6, 6.07) is 12.8. The van der Waals surface area contributed by atoms with Crippen molar-refractivity contribution in [2.45, 2.75) is 58.8 Å². The Hall–Kier alpha value is -1.63. The summed E-state index contributed by atoms with van der Waals surface area (Å²) in [6.45, 7) is 11.5. The number of hydrogen-bond donors (Lipinski definition) is 0. The highest BCUT2D eigenvalue weighted by Crippen LogP contribution is 2.36. The van der Waals surface area contributed by atoms with E-state index in [1.54, 1.807) is 0 Å². The van der Waals surface area contributed by atoms with Crippen LogP contribution in [0.2, 0.25) is 0 Å². The lowest BCUT2D eigenvalue weighted by molar-refractivity contribution is 0.495. The largest absolute Gasteiger partial charge is 0.256 e. The molecule has 0 radical (unpaired) electrons. The van der Waals surface area contributed by atoms with Crippen LogP contribution < -0.4 is 0 Å². The van der Waals surface area contributed by atoms with Gasteiger partial charge in [0.2, 0.25) is 0 Å². The lowest BCUT2D eigenvalue weighted by atomic mass is 9.77. The second-order valence-corrected chi connectivity index (χ2v) is 6.57. The first-order chi connectivity index (χ1) is 9.99. The quantitative estimate of drug-likeness (QED) is 0.660. The van der Waals surface area contributed by atoms with Crippen molar-refractivity contribution in [3.05, 3.63) is 53.7 Å². The average molecular weight is 281 g/mol. The number of aromatic nitrogens is 1. The fourth-order valence-corrected chi connectivity index (χ4v) is 2.62. The predicted molar refractivity (Wildman–Crippen MR) is 91.7 cm³/mol. The van der Waals surface area contributed by atoms with Crippen LogP contribution in [0.3, 0.4) is 0 Å². The Balaban J connectivity index is 2.57. The molecule has 0 spiro atoms. The van der Waals surface area contributed by atoms with Crippen LogP contribution in [-0.2, 0) is 5.41 Å². The molecule has 1 aromatic heterocycles. The van der Waals surface area contributed by atoms with Gasteiger partial charge in [-0.05, 0) is 41.4 Å². The van der Waals surface area contributed by atoms with Crippen LogP contribution in [0.15, 0.2) is 42.6 Å². The Labute approximate surface area is 129 Å². The molecule has 1 unspecified atom stereocenters. The van der Waals surface area contributed by atoms with Gasteiger partial charge in [-0.3, -0.25) is 4.98 Å². The molecule has 0 N–H and O–H groups in total. The molecular weight excluding hydrogens is 254 g/mol. The highest BCUT2D eigenvalue weighted by Gasteiger charge is 2.24. The molecule has 0 aliphatic heterocycles. The zero-order valence-electron chi connectivity index (χ0n) is 14.0. The minimum atomic E-state index is 0.186. The summed E-state index contributed by atoms with van der Waals surface area (Å²) in [4.78, 5) is 4.73. The van der Waals surface area contributed by atoms with Crippen LogP contribution in [0.1, 0.15) is 64.5 Å². The first kappa shape index (κ1) is 15.8. The number of nitrogens with zero attached hydrogens (tertiary/aromatic N) is 1. The maximum Gasteiger partial charge on any atom is 0.0705 e. The van der Waals surface area contributed by atoms with Crippen molar-refractivity contribution in [3.8, 4) is 11.3 Å². The van der Waals surface area contributed by atoms with E-state index in [4.69, 9.17) is 4.98 Å². The number of pyridine rings is 1. The van der Waals surface area contributed by atoms with E-state index in [0.29, 0.717) is 5.92 Å².